The van der Waals surface area contributed by atoms with Crippen molar-refractivity contribution in [3.8, 4) is 6.07 Å². The Balaban J connectivity index is 2.82. The first-order valence-corrected chi connectivity index (χ1v) is 5.73. The van der Waals surface area contributed by atoms with Crippen LogP contribution in [0.15, 0.2) is 30.3 Å². The van der Waals surface area contributed by atoms with Crippen molar-refractivity contribution in [1.82, 2.24) is 4.31 Å². The Morgan fingerprint density at radius 2 is 1.93 bits per heavy atom. The number of nitriles is 1. The molecule has 0 aliphatic rings. The average Bonchev–Trinajstić information content (AvgIpc) is 2.17. The van der Waals surface area contributed by atoms with Crippen molar-refractivity contribution in [1.29, 1.82) is 5.26 Å². The molecule has 0 saturated carbocycles. The lowest BCUT2D eigenvalue weighted by molar-refractivity contribution is 0.442. The molecule has 0 aliphatic carbocycles. The van der Waals surface area contributed by atoms with Crippen molar-refractivity contribution in [3.63, 3.8) is 0 Å². The van der Waals surface area contributed by atoms with Gasteiger partial charge in [0.15, 0.2) is 0 Å². The SMILES string of the molecule is N#CCN(Cc1ccccc1)S(N)(=O)=O. The van der Waals surface area contributed by atoms with Crippen molar-refractivity contribution in [2.45, 2.75) is 6.54 Å². The quantitative estimate of drug-likeness (QED) is 0.743. The molecule has 5 nitrogen and oxygen atoms in total. The van der Waals surface area contributed by atoms with Gasteiger partial charge < -0.3 is 0 Å². The van der Waals surface area contributed by atoms with Crippen molar-refractivity contribution >= 4 is 10.2 Å². The van der Waals surface area contributed by atoms with Crippen LogP contribution in [0.3, 0.4) is 0 Å². The molecule has 0 saturated heterocycles. The fourth-order valence-corrected chi connectivity index (χ4v) is 1.67. The molecule has 6 heteroatoms. The Labute approximate surface area is 88.9 Å². The van der Waals surface area contributed by atoms with E-state index >= 15 is 0 Å². The molecule has 1 aromatic carbocycles. The third kappa shape index (κ3) is 3.67. The molecule has 15 heavy (non-hydrogen) atoms. The predicted octanol–water partition coefficient (Wildman–Crippen LogP) is 0.216. The van der Waals surface area contributed by atoms with Gasteiger partial charge in [0.2, 0.25) is 0 Å². The third-order valence-electron chi connectivity index (χ3n) is 1.81. The van der Waals surface area contributed by atoms with Crippen molar-refractivity contribution < 1.29 is 8.42 Å². The molecular weight excluding hydrogens is 214 g/mol. The van der Waals surface area contributed by atoms with Gasteiger partial charge in [0.25, 0.3) is 10.2 Å². The van der Waals surface area contributed by atoms with Crippen LogP contribution >= 0.6 is 0 Å². The van der Waals surface area contributed by atoms with Crippen LogP contribution in [0.25, 0.3) is 0 Å². The van der Waals surface area contributed by atoms with Gasteiger partial charge in [-0.3, -0.25) is 0 Å². The van der Waals surface area contributed by atoms with Gasteiger partial charge in [-0.15, -0.1) is 0 Å². The van der Waals surface area contributed by atoms with Gasteiger partial charge in [0.1, 0.15) is 6.54 Å². The zero-order chi connectivity index (χ0) is 11.3. The second kappa shape index (κ2) is 4.89. The van der Waals surface area contributed by atoms with Crippen LogP contribution in [0.2, 0.25) is 0 Å². The molecule has 0 aromatic heterocycles. The van der Waals surface area contributed by atoms with Gasteiger partial charge in [-0.25, -0.2) is 5.14 Å². The van der Waals surface area contributed by atoms with E-state index in [0.29, 0.717) is 0 Å². The zero-order valence-corrected chi connectivity index (χ0v) is 8.81. The van der Waals surface area contributed by atoms with E-state index in [4.69, 9.17) is 10.4 Å². The normalized spacial score (nSPS) is 11.3. The van der Waals surface area contributed by atoms with Crippen LogP contribution < -0.4 is 5.14 Å². The van der Waals surface area contributed by atoms with E-state index in [2.05, 4.69) is 0 Å². The average molecular weight is 225 g/mol. The Kier molecular flexibility index (Phi) is 3.80. The van der Waals surface area contributed by atoms with Gasteiger partial charge in [-0.05, 0) is 5.56 Å². The van der Waals surface area contributed by atoms with Gasteiger partial charge in [0, 0.05) is 6.54 Å². The zero-order valence-electron chi connectivity index (χ0n) is 8.00. The predicted molar refractivity (Wildman–Crippen MR) is 55.6 cm³/mol. The van der Waals surface area contributed by atoms with Crippen LogP contribution in [0.1, 0.15) is 5.56 Å². The second-order valence-corrected chi connectivity index (χ2v) is 4.50. The van der Waals surface area contributed by atoms with E-state index in [-0.39, 0.29) is 13.1 Å². The third-order valence-corrected chi connectivity index (χ3v) is 2.79. The number of nitrogens with two attached hydrogens (primary N) is 1. The molecule has 0 fully saturated rings. The van der Waals surface area contributed by atoms with E-state index < -0.39 is 10.2 Å². The van der Waals surface area contributed by atoms with Crippen LogP contribution in [0.5, 0.6) is 0 Å². The Morgan fingerprint density at radius 1 is 1.33 bits per heavy atom. The Bertz CT molecular complexity index is 450. The standard InChI is InChI=1S/C9H11N3O2S/c10-6-7-12(15(11,13)14)8-9-4-2-1-3-5-9/h1-5H,7-8H2,(H2,11,13,14). The highest BCUT2D eigenvalue weighted by Crippen LogP contribution is 2.05. The molecule has 0 aliphatic heterocycles. The molecule has 1 rings (SSSR count). The second-order valence-electron chi connectivity index (χ2n) is 2.96. The van der Waals surface area contributed by atoms with Crippen molar-refractivity contribution in [3.05, 3.63) is 35.9 Å². The fraction of sp³-hybridized carbons (Fsp3) is 0.222. The summed E-state index contributed by atoms with van der Waals surface area (Å²) >= 11 is 0. The summed E-state index contributed by atoms with van der Waals surface area (Å²) in [7, 11) is -3.81. The first-order valence-electron chi connectivity index (χ1n) is 4.23. The summed E-state index contributed by atoms with van der Waals surface area (Å²) in [6, 6.07) is 10.7. The fourth-order valence-electron chi connectivity index (χ4n) is 1.10. The minimum absolute atomic E-state index is 0.118. The molecule has 0 unspecified atom stereocenters. The largest absolute Gasteiger partial charge is 0.278 e. The van der Waals surface area contributed by atoms with Gasteiger partial charge in [-0.2, -0.15) is 18.0 Å². The maximum atomic E-state index is 11.1. The van der Waals surface area contributed by atoms with E-state index in [0.717, 1.165) is 9.87 Å². The highest BCUT2D eigenvalue weighted by atomic mass is 32.2. The molecule has 80 valence electrons. The molecule has 2 N–H and O–H groups in total. The number of benzene rings is 1. The summed E-state index contributed by atoms with van der Waals surface area (Å²) in [6.45, 7) is -0.124. The summed E-state index contributed by atoms with van der Waals surface area (Å²) in [5, 5.41) is 13.4. The van der Waals surface area contributed by atoms with E-state index in [1.165, 1.54) is 0 Å². The van der Waals surface area contributed by atoms with Crippen LogP contribution in [0.4, 0.5) is 0 Å². The van der Waals surface area contributed by atoms with Crippen LogP contribution in [-0.4, -0.2) is 19.3 Å². The molecule has 0 bridgehead atoms. The summed E-state index contributed by atoms with van der Waals surface area (Å²) in [6.07, 6.45) is 0. The first-order chi connectivity index (χ1) is 7.04. The monoisotopic (exact) mass is 225 g/mol. The smallest absolute Gasteiger partial charge is 0.216 e. The van der Waals surface area contributed by atoms with Gasteiger partial charge >= 0.3 is 0 Å². The number of nitrogens with zero attached hydrogens (tertiary/aromatic N) is 2. The molecule has 0 atom stereocenters. The maximum Gasteiger partial charge on any atom is 0.278 e. The molecule has 0 spiro atoms. The molecule has 0 amide bonds. The van der Waals surface area contributed by atoms with Crippen LogP contribution in [-0.2, 0) is 16.8 Å². The lowest BCUT2D eigenvalue weighted by atomic mass is 10.2. The maximum absolute atomic E-state index is 11.1. The number of hydrogen-bond donors (Lipinski definition) is 1. The highest BCUT2D eigenvalue weighted by Gasteiger charge is 2.16. The lowest BCUT2D eigenvalue weighted by Gasteiger charge is -2.15. The summed E-state index contributed by atoms with van der Waals surface area (Å²) < 4.78 is 23.1. The van der Waals surface area contributed by atoms with Crippen LogP contribution in [0, 0.1) is 11.3 Å². The lowest BCUT2D eigenvalue weighted by Crippen LogP contribution is -2.36. The molecule has 0 heterocycles. The van der Waals surface area contributed by atoms with E-state index in [1.807, 2.05) is 6.07 Å². The van der Waals surface area contributed by atoms with Gasteiger partial charge in [0.05, 0.1) is 6.07 Å². The summed E-state index contributed by atoms with van der Waals surface area (Å²) in [4.78, 5) is 0. The topological polar surface area (TPSA) is 87.2 Å². The number of hydrogen-bond acceptors (Lipinski definition) is 3. The van der Waals surface area contributed by atoms with E-state index in [9.17, 15) is 8.42 Å². The van der Waals surface area contributed by atoms with Gasteiger partial charge in [-0.1, -0.05) is 30.3 Å². The molecule has 1 aromatic rings. The Hall–Kier alpha value is -1.42. The Morgan fingerprint density at radius 3 is 2.40 bits per heavy atom. The first kappa shape index (κ1) is 11.7. The van der Waals surface area contributed by atoms with Crippen molar-refractivity contribution in [2.75, 3.05) is 6.54 Å². The highest BCUT2D eigenvalue weighted by molar-refractivity contribution is 7.86. The van der Waals surface area contributed by atoms with Crippen molar-refractivity contribution in [2.24, 2.45) is 5.14 Å². The minimum atomic E-state index is -3.81. The summed E-state index contributed by atoms with van der Waals surface area (Å²) in [5.41, 5.74) is 0.793. The molecule has 0 radical (unpaired) electrons. The molecular formula is C9H11N3O2S. The number of rotatable bonds is 4. The minimum Gasteiger partial charge on any atom is -0.216 e. The summed E-state index contributed by atoms with van der Waals surface area (Å²) in [5.74, 6) is 0. The van der Waals surface area contributed by atoms with E-state index in [1.54, 1.807) is 30.3 Å².